The van der Waals surface area contributed by atoms with Crippen LogP contribution in [0.3, 0.4) is 0 Å². The highest BCUT2D eigenvalue weighted by Crippen LogP contribution is 2.40. The van der Waals surface area contributed by atoms with Crippen molar-refractivity contribution in [1.82, 2.24) is 5.32 Å². The quantitative estimate of drug-likeness (QED) is 0.285. The van der Waals surface area contributed by atoms with E-state index in [1.54, 1.807) is 24.3 Å². The van der Waals surface area contributed by atoms with Gasteiger partial charge in [-0.25, -0.2) is 0 Å². The highest BCUT2D eigenvalue weighted by molar-refractivity contribution is 5.94. The lowest BCUT2D eigenvalue weighted by atomic mass is 9.77. The van der Waals surface area contributed by atoms with E-state index < -0.39 is 30.6 Å². The van der Waals surface area contributed by atoms with Crippen LogP contribution in [0.4, 0.5) is 13.2 Å². The zero-order valence-corrected chi connectivity index (χ0v) is 24.3. The number of allylic oxidation sites excluding steroid dienone is 3. The van der Waals surface area contributed by atoms with Crippen molar-refractivity contribution in [3.63, 3.8) is 0 Å². The molecule has 1 aliphatic carbocycles. The first-order chi connectivity index (χ1) is 19.1. The fourth-order valence-corrected chi connectivity index (χ4v) is 5.14. The molecule has 0 spiro atoms. The number of carbonyl (C=O) groups is 2. The Bertz CT molecular complexity index is 1260. The Kier molecular flexibility index (Phi) is 10.5. The van der Waals surface area contributed by atoms with Crippen LogP contribution in [-0.2, 0) is 14.9 Å². The number of aliphatic carboxylic acids is 1. The largest absolute Gasteiger partial charge is 0.486 e. The average molecular weight is 572 g/mol. The predicted molar refractivity (Wildman–Crippen MR) is 154 cm³/mol. The molecule has 3 rings (SSSR count). The van der Waals surface area contributed by atoms with Crippen LogP contribution in [0.1, 0.15) is 99.4 Å². The van der Waals surface area contributed by atoms with Crippen LogP contribution < -0.4 is 5.32 Å². The predicted octanol–water partition coefficient (Wildman–Crippen LogP) is 8.24. The summed E-state index contributed by atoms with van der Waals surface area (Å²) in [4.78, 5) is 23.0. The van der Waals surface area contributed by atoms with E-state index in [-0.39, 0.29) is 43.1 Å². The van der Waals surface area contributed by atoms with Gasteiger partial charge in [0.25, 0.3) is 5.91 Å². The second-order valence-corrected chi connectivity index (χ2v) is 11.8. The molecule has 5 nitrogen and oxygen atoms in total. The fourth-order valence-electron chi connectivity index (χ4n) is 5.14. The van der Waals surface area contributed by atoms with Gasteiger partial charge in [0.2, 0.25) is 0 Å². The molecule has 0 saturated heterocycles. The minimum atomic E-state index is -4.26. The average Bonchev–Trinajstić information content (AvgIpc) is 2.86. The van der Waals surface area contributed by atoms with E-state index in [0.717, 1.165) is 5.57 Å². The minimum absolute atomic E-state index is 0.00114. The van der Waals surface area contributed by atoms with Gasteiger partial charge in [-0.15, -0.1) is 0 Å². The maximum atomic E-state index is 12.9. The summed E-state index contributed by atoms with van der Waals surface area (Å²) in [5.74, 6) is -0.539. The first-order valence-electron chi connectivity index (χ1n) is 14.0. The monoisotopic (exact) mass is 571 g/mol. The van der Waals surface area contributed by atoms with E-state index in [9.17, 15) is 22.8 Å². The number of alkyl halides is 3. The number of carboxylic acids is 1. The van der Waals surface area contributed by atoms with Crippen LogP contribution >= 0.6 is 0 Å². The lowest BCUT2D eigenvalue weighted by Crippen LogP contribution is -2.26. The van der Waals surface area contributed by atoms with Gasteiger partial charge in [-0.05, 0) is 72.1 Å². The van der Waals surface area contributed by atoms with E-state index in [1.807, 2.05) is 19.1 Å². The molecule has 2 N–H and O–H groups in total. The smallest absolute Gasteiger partial charge is 0.389 e. The minimum Gasteiger partial charge on any atom is -0.486 e. The number of halogens is 3. The van der Waals surface area contributed by atoms with Gasteiger partial charge in [-0.1, -0.05) is 69.7 Å². The van der Waals surface area contributed by atoms with E-state index in [0.29, 0.717) is 16.9 Å². The van der Waals surface area contributed by atoms with E-state index in [4.69, 9.17) is 9.84 Å². The molecule has 3 unspecified atom stereocenters. The Balaban J connectivity index is 1.77. The van der Waals surface area contributed by atoms with Gasteiger partial charge in [-0.3, -0.25) is 9.59 Å². The molecule has 0 saturated carbocycles. The third-order valence-electron chi connectivity index (χ3n) is 7.32. The van der Waals surface area contributed by atoms with Crippen molar-refractivity contribution >= 4 is 11.9 Å². The summed E-state index contributed by atoms with van der Waals surface area (Å²) in [5, 5.41) is 11.3. The van der Waals surface area contributed by atoms with Crippen LogP contribution in [0.2, 0.25) is 0 Å². The molecular formula is C33H40F3NO4. The molecular weight excluding hydrogens is 531 g/mol. The summed E-state index contributed by atoms with van der Waals surface area (Å²) in [5.41, 5.74) is 4.63. The Labute approximate surface area is 240 Å². The number of benzene rings is 2. The van der Waals surface area contributed by atoms with Crippen LogP contribution in [0.15, 0.2) is 72.0 Å². The van der Waals surface area contributed by atoms with Gasteiger partial charge in [0.05, 0.1) is 6.42 Å². The normalized spacial score (nSPS) is 18.2. The molecule has 222 valence electrons. The van der Waals surface area contributed by atoms with Crippen molar-refractivity contribution in [2.24, 2.45) is 5.92 Å². The Morgan fingerprint density at radius 1 is 1.02 bits per heavy atom. The van der Waals surface area contributed by atoms with Gasteiger partial charge in [0.15, 0.2) is 0 Å². The molecule has 8 heteroatoms. The van der Waals surface area contributed by atoms with Crippen molar-refractivity contribution < 1.29 is 32.6 Å². The third-order valence-corrected chi connectivity index (χ3v) is 7.32. The zero-order valence-electron chi connectivity index (χ0n) is 24.3. The molecule has 2 aromatic rings. The SMILES string of the molecule is CC1=CC(OC(CCCC(F)(F)F)c2ccc(C(=O)NCCC(=O)O)cc2)=CC(C)C1c1ccc(C(C)(C)C)cc1. The van der Waals surface area contributed by atoms with Crippen molar-refractivity contribution in [3.8, 4) is 0 Å². The molecule has 0 aliphatic heterocycles. The molecule has 1 aliphatic rings. The molecule has 0 aromatic heterocycles. The number of rotatable bonds is 11. The number of carbonyl (C=O) groups excluding carboxylic acids is 1. The molecule has 0 radical (unpaired) electrons. The Morgan fingerprint density at radius 2 is 1.66 bits per heavy atom. The lowest BCUT2D eigenvalue weighted by Gasteiger charge is -2.30. The highest BCUT2D eigenvalue weighted by atomic mass is 19.4. The topological polar surface area (TPSA) is 75.6 Å². The van der Waals surface area contributed by atoms with Crippen molar-refractivity contribution in [1.29, 1.82) is 0 Å². The fraction of sp³-hybridized carbons (Fsp3) is 0.455. The van der Waals surface area contributed by atoms with Crippen LogP contribution in [0.25, 0.3) is 0 Å². The summed E-state index contributed by atoms with van der Waals surface area (Å²) >= 11 is 0. The first-order valence-corrected chi connectivity index (χ1v) is 14.0. The van der Waals surface area contributed by atoms with E-state index >= 15 is 0 Å². The first kappa shape index (κ1) is 32.0. The summed E-state index contributed by atoms with van der Waals surface area (Å²) in [6.45, 7) is 10.7. The van der Waals surface area contributed by atoms with Gasteiger partial charge in [0.1, 0.15) is 11.9 Å². The summed E-state index contributed by atoms with van der Waals surface area (Å²) in [6.07, 6.45) is -1.95. The Hall–Kier alpha value is -3.55. The number of carboxylic acid groups (broad SMARTS) is 1. The number of nitrogens with one attached hydrogen (secondary N) is 1. The molecule has 41 heavy (non-hydrogen) atoms. The van der Waals surface area contributed by atoms with Gasteiger partial charge in [-0.2, -0.15) is 13.2 Å². The molecule has 1 amide bonds. The molecule has 2 aromatic carbocycles. The zero-order chi connectivity index (χ0) is 30.4. The highest BCUT2D eigenvalue weighted by Gasteiger charge is 2.29. The molecule has 0 fully saturated rings. The van der Waals surface area contributed by atoms with Crippen LogP contribution in [0, 0.1) is 5.92 Å². The second kappa shape index (κ2) is 13.4. The standard InChI is InChI=1S/C33H40F3NO4/c1-21-19-27(20-22(2)30(21)24-12-14-26(15-13-24)32(3,4)5)41-28(7-6-17-33(34,35)36)23-8-10-25(11-9-23)31(40)37-18-16-29(38)39/h8-15,19-21,28,30H,6-7,16-18H2,1-5H3,(H,37,40)(H,38,39). The van der Waals surface area contributed by atoms with Gasteiger partial charge in [0, 0.05) is 24.4 Å². The lowest BCUT2D eigenvalue weighted by molar-refractivity contribution is -0.137. The maximum absolute atomic E-state index is 12.9. The van der Waals surface area contributed by atoms with E-state index in [1.165, 1.54) is 11.1 Å². The number of amides is 1. The van der Waals surface area contributed by atoms with Gasteiger partial charge >= 0.3 is 12.1 Å². The molecule has 0 heterocycles. The Morgan fingerprint density at radius 3 is 2.20 bits per heavy atom. The number of hydrogen-bond acceptors (Lipinski definition) is 3. The van der Waals surface area contributed by atoms with E-state index in [2.05, 4.69) is 57.3 Å². The molecule has 3 atom stereocenters. The summed E-state index contributed by atoms with van der Waals surface area (Å²) in [7, 11) is 0. The second-order valence-electron chi connectivity index (χ2n) is 11.8. The van der Waals surface area contributed by atoms with Crippen LogP contribution in [-0.4, -0.2) is 29.7 Å². The van der Waals surface area contributed by atoms with Crippen molar-refractivity contribution in [2.45, 2.75) is 83.9 Å². The van der Waals surface area contributed by atoms with Crippen molar-refractivity contribution in [2.75, 3.05) is 6.54 Å². The summed E-state index contributed by atoms with van der Waals surface area (Å²) in [6, 6.07) is 15.1. The summed E-state index contributed by atoms with van der Waals surface area (Å²) < 4.78 is 45.1. The van der Waals surface area contributed by atoms with Crippen LogP contribution in [0.5, 0.6) is 0 Å². The third kappa shape index (κ3) is 9.51. The number of ether oxygens (including phenoxy) is 1. The van der Waals surface area contributed by atoms with Crippen molar-refractivity contribution in [3.05, 3.63) is 94.3 Å². The molecule has 0 bridgehead atoms. The van der Waals surface area contributed by atoms with Gasteiger partial charge < -0.3 is 15.2 Å². The maximum Gasteiger partial charge on any atom is 0.389 e. The number of hydrogen-bond donors (Lipinski definition) is 2.